The zero-order valence-corrected chi connectivity index (χ0v) is 14.8. The van der Waals surface area contributed by atoms with E-state index in [1.807, 2.05) is 0 Å². The molecule has 2 rings (SSSR count). The lowest BCUT2D eigenvalue weighted by Gasteiger charge is -2.42. The number of nitrogens with one attached hydrogen (secondary N) is 1. The second kappa shape index (κ2) is 7.92. The van der Waals surface area contributed by atoms with Crippen molar-refractivity contribution in [2.24, 2.45) is 5.41 Å². The molecule has 0 aromatic rings. The minimum Gasteiger partial charge on any atom is -0.384 e. The molecule has 0 saturated carbocycles. The summed E-state index contributed by atoms with van der Waals surface area (Å²) in [5, 5.41) is 3.27. The fraction of sp³-hybridized carbons (Fsp3) is 0.923. The van der Waals surface area contributed by atoms with Gasteiger partial charge in [0, 0.05) is 33.3 Å². The lowest BCUT2D eigenvalue weighted by atomic mass is 9.78. The normalized spacial score (nSPS) is 22.9. The van der Waals surface area contributed by atoms with E-state index < -0.39 is 15.4 Å². The number of ether oxygens (including phenoxy) is 1. The van der Waals surface area contributed by atoms with Gasteiger partial charge in [0.05, 0.1) is 18.3 Å². The zero-order chi connectivity index (χ0) is 15.5. The quantitative estimate of drug-likeness (QED) is 0.737. The molecule has 0 radical (unpaired) electrons. The highest BCUT2D eigenvalue weighted by Gasteiger charge is 2.43. The van der Waals surface area contributed by atoms with Crippen LogP contribution in [0, 0.1) is 5.41 Å². The highest BCUT2D eigenvalue weighted by Crippen LogP contribution is 2.32. The number of carbonyl (C=O) groups excluding carboxylic acids is 1. The Kier molecular flexibility index (Phi) is 7.07. The maximum atomic E-state index is 12.9. The highest BCUT2D eigenvalue weighted by atomic mass is 35.5. The molecule has 0 unspecified atom stereocenters. The predicted octanol–water partition coefficient (Wildman–Crippen LogP) is -0.472. The van der Waals surface area contributed by atoms with Crippen LogP contribution >= 0.6 is 12.4 Å². The summed E-state index contributed by atoms with van der Waals surface area (Å²) in [5.74, 6) is 0.110. The second-order valence-electron chi connectivity index (χ2n) is 5.92. The Labute approximate surface area is 138 Å². The summed E-state index contributed by atoms with van der Waals surface area (Å²) in [6.45, 7) is 3.75. The van der Waals surface area contributed by atoms with Gasteiger partial charge in [-0.2, -0.15) is 4.31 Å². The van der Waals surface area contributed by atoms with Crippen LogP contribution in [0.15, 0.2) is 0 Å². The van der Waals surface area contributed by atoms with Gasteiger partial charge in [-0.05, 0) is 25.9 Å². The summed E-state index contributed by atoms with van der Waals surface area (Å²) >= 11 is 0. The van der Waals surface area contributed by atoms with Gasteiger partial charge >= 0.3 is 0 Å². The van der Waals surface area contributed by atoms with E-state index >= 15 is 0 Å². The first-order valence-electron chi connectivity index (χ1n) is 7.33. The molecular formula is C13H26ClN3O4S. The van der Waals surface area contributed by atoms with Gasteiger partial charge in [-0.25, -0.2) is 8.42 Å². The van der Waals surface area contributed by atoms with Crippen molar-refractivity contribution in [2.75, 3.05) is 59.2 Å². The molecule has 0 bridgehead atoms. The molecule has 0 aromatic carbocycles. The molecule has 2 heterocycles. The van der Waals surface area contributed by atoms with Gasteiger partial charge in [0.2, 0.25) is 15.9 Å². The van der Waals surface area contributed by atoms with Crippen LogP contribution in [0.4, 0.5) is 0 Å². The molecule has 1 amide bonds. The van der Waals surface area contributed by atoms with Gasteiger partial charge in [-0.1, -0.05) is 0 Å². The Hall–Kier alpha value is -0.410. The van der Waals surface area contributed by atoms with E-state index in [2.05, 4.69) is 5.32 Å². The number of piperidine rings is 1. The summed E-state index contributed by atoms with van der Waals surface area (Å²) < 4.78 is 29.8. The van der Waals surface area contributed by atoms with Gasteiger partial charge in [0.1, 0.15) is 0 Å². The molecule has 130 valence electrons. The van der Waals surface area contributed by atoms with E-state index in [1.54, 1.807) is 12.0 Å². The van der Waals surface area contributed by atoms with Crippen molar-refractivity contribution < 1.29 is 17.9 Å². The molecule has 2 aliphatic heterocycles. The van der Waals surface area contributed by atoms with Gasteiger partial charge in [0.15, 0.2) is 0 Å². The highest BCUT2D eigenvalue weighted by molar-refractivity contribution is 7.88. The predicted molar refractivity (Wildman–Crippen MR) is 86.7 cm³/mol. The average Bonchev–Trinajstić information content (AvgIpc) is 2.47. The van der Waals surface area contributed by atoms with E-state index in [9.17, 15) is 13.2 Å². The first kappa shape index (κ1) is 19.6. The van der Waals surface area contributed by atoms with Gasteiger partial charge in [-0.3, -0.25) is 4.79 Å². The number of halogens is 1. The van der Waals surface area contributed by atoms with Crippen LogP contribution in [-0.2, 0) is 19.6 Å². The van der Waals surface area contributed by atoms with Gasteiger partial charge in [0.25, 0.3) is 0 Å². The summed E-state index contributed by atoms with van der Waals surface area (Å²) in [7, 11) is -1.54. The number of piperazine rings is 1. The average molecular weight is 356 g/mol. The van der Waals surface area contributed by atoms with Crippen molar-refractivity contribution in [2.45, 2.75) is 12.8 Å². The summed E-state index contributed by atoms with van der Waals surface area (Å²) in [6, 6.07) is 0. The van der Waals surface area contributed by atoms with Crippen LogP contribution in [0.25, 0.3) is 0 Å². The third-order valence-electron chi connectivity index (χ3n) is 4.43. The lowest BCUT2D eigenvalue weighted by Crippen LogP contribution is -2.57. The molecule has 0 aromatic heterocycles. The fourth-order valence-corrected chi connectivity index (χ4v) is 3.99. The minimum atomic E-state index is -3.16. The van der Waals surface area contributed by atoms with Gasteiger partial charge in [-0.15, -0.1) is 12.4 Å². The van der Waals surface area contributed by atoms with Crippen LogP contribution in [0.5, 0.6) is 0 Å². The van der Waals surface area contributed by atoms with Crippen LogP contribution in [-0.4, -0.2) is 82.8 Å². The molecule has 0 spiro atoms. The maximum absolute atomic E-state index is 12.9. The Morgan fingerprint density at radius 2 is 1.73 bits per heavy atom. The molecule has 2 saturated heterocycles. The third-order valence-corrected chi connectivity index (χ3v) is 5.73. The Morgan fingerprint density at radius 3 is 2.18 bits per heavy atom. The number of carbonyl (C=O) groups is 1. The zero-order valence-electron chi connectivity index (χ0n) is 13.2. The van der Waals surface area contributed by atoms with E-state index in [-0.39, 0.29) is 18.3 Å². The number of rotatable bonds is 4. The van der Waals surface area contributed by atoms with Crippen molar-refractivity contribution >= 4 is 28.3 Å². The van der Waals surface area contributed by atoms with Crippen molar-refractivity contribution in [3.05, 3.63) is 0 Å². The van der Waals surface area contributed by atoms with Gasteiger partial charge < -0.3 is 15.0 Å². The molecule has 1 N–H and O–H groups in total. The van der Waals surface area contributed by atoms with Crippen LogP contribution in [0.3, 0.4) is 0 Å². The molecular weight excluding hydrogens is 330 g/mol. The lowest BCUT2D eigenvalue weighted by molar-refractivity contribution is -0.148. The number of nitrogens with zero attached hydrogens (tertiary/aromatic N) is 2. The number of hydrogen-bond donors (Lipinski definition) is 1. The van der Waals surface area contributed by atoms with Crippen molar-refractivity contribution in [3.63, 3.8) is 0 Å². The third kappa shape index (κ3) is 4.32. The molecule has 9 heteroatoms. The van der Waals surface area contributed by atoms with Crippen LogP contribution in [0.2, 0.25) is 0 Å². The number of sulfonamides is 1. The molecule has 0 aliphatic carbocycles. The molecule has 22 heavy (non-hydrogen) atoms. The van der Waals surface area contributed by atoms with E-state index in [0.717, 1.165) is 25.9 Å². The van der Waals surface area contributed by atoms with E-state index in [4.69, 9.17) is 4.74 Å². The Balaban J connectivity index is 0.00000242. The first-order chi connectivity index (χ1) is 9.89. The molecule has 2 aliphatic rings. The molecule has 7 nitrogen and oxygen atoms in total. The summed E-state index contributed by atoms with van der Waals surface area (Å²) in [4.78, 5) is 14.7. The minimum absolute atomic E-state index is 0. The monoisotopic (exact) mass is 355 g/mol. The summed E-state index contributed by atoms with van der Waals surface area (Å²) in [6.07, 6.45) is 2.75. The van der Waals surface area contributed by atoms with Crippen molar-refractivity contribution in [1.82, 2.24) is 14.5 Å². The van der Waals surface area contributed by atoms with Crippen LogP contribution < -0.4 is 5.32 Å². The first-order valence-corrected chi connectivity index (χ1v) is 9.18. The SMILES string of the molecule is COCC1(C(=O)N2CCN(S(C)(=O)=O)CC2)CCNCC1.Cl. The van der Waals surface area contributed by atoms with Crippen molar-refractivity contribution in [1.29, 1.82) is 0 Å². The van der Waals surface area contributed by atoms with Crippen LogP contribution in [0.1, 0.15) is 12.8 Å². The Bertz CT molecular complexity index is 466. The smallest absolute Gasteiger partial charge is 0.231 e. The largest absolute Gasteiger partial charge is 0.384 e. The second-order valence-corrected chi connectivity index (χ2v) is 7.90. The fourth-order valence-electron chi connectivity index (χ4n) is 3.16. The standard InChI is InChI=1S/C13H25N3O4S.ClH/c1-20-11-13(3-5-14-6-4-13)12(17)15-7-9-16(10-8-15)21(2,18)19;/h14H,3-11H2,1-2H3;1H. The molecule has 0 atom stereocenters. The topological polar surface area (TPSA) is 79.0 Å². The number of hydrogen-bond acceptors (Lipinski definition) is 5. The number of amides is 1. The molecule has 2 fully saturated rings. The van der Waals surface area contributed by atoms with Crippen molar-refractivity contribution in [3.8, 4) is 0 Å². The Morgan fingerprint density at radius 1 is 1.18 bits per heavy atom. The van der Waals surface area contributed by atoms with E-state index in [0.29, 0.717) is 32.8 Å². The maximum Gasteiger partial charge on any atom is 0.231 e. The summed E-state index contributed by atoms with van der Waals surface area (Å²) in [5.41, 5.74) is -0.451. The number of methoxy groups -OCH3 is 1. The van der Waals surface area contributed by atoms with E-state index in [1.165, 1.54) is 10.6 Å².